The first-order chi connectivity index (χ1) is 8.72. The zero-order valence-corrected chi connectivity index (χ0v) is 10.6. The highest BCUT2D eigenvalue weighted by atomic mass is 16.5. The van der Waals surface area contributed by atoms with Crippen LogP contribution >= 0.6 is 0 Å². The van der Waals surface area contributed by atoms with Crippen LogP contribution in [0.3, 0.4) is 0 Å². The van der Waals surface area contributed by atoms with Crippen molar-refractivity contribution in [1.82, 2.24) is 0 Å². The van der Waals surface area contributed by atoms with Gasteiger partial charge in [0.25, 0.3) is 0 Å². The van der Waals surface area contributed by atoms with E-state index >= 15 is 0 Å². The van der Waals surface area contributed by atoms with Gasteiger partial charge in [0.1, 0.15) is 5.75 Å². The van der Waals surface area contributed by atoms with Crippen molar-refractivity contribution in [3.05, 3.63) is 54.1 Å². The summed E-state index contributed by atoms with van der Waals surface area (Å²) < 4.78 is 5.47. The molecule has 0 amide bonds. The van der Waals surface area contributed by atoms with Crippen LogP contribution in [0.15, 0.2) is 48.6 Å². The van der Waals surface area contributed by atoms with Crippen molar-refractivity contribution in [3.8, 4) is 5.75 Å². The van der Waals surface area contributed by atoms with Crippen molar-refractivity contribution in [2.45, 2.75) is 20.3 Å². The van der Waals surface area contributed by atoms with Crippen LogP contribution in [0.4, 0.5) is 0 Å². The zero-order chi connectivity index (χ0) is 13.0. The summed E-state index contributed by atoms with van der Waals surface area (Å²) in [5.41, 5.74) is 0.975. The van der Waals surface area contributed by atoms with Crippen LogP contribution in [-0.4, -0.2) is 5.97 Å². The first-order valence-electron chi connectivity index (χ1n) is 6.02. The molecule has 0 fully saturated rings. The molecule has 0 aromatic heterocycles. The monoisotopic (exact) mass is 240 g/mol. The number of benzene rings is 2. The molecule has 0 saturated heterocycles. The average molecular weight is 240 g/mol. The maximum atomic E-state index is 11.7. The lowest BCUT2D eigenvalue weighted by molar-refractivity contribution is -0.133. The van der Waals surface area contributed by atoms with Crippen LogP contribution in [0.2, 0.25) is 0 Å². The number of carbonyl (C=O) groups is 1. The fourth-order valence-electron chi connectivity index (χ4n) is 1.86. The molecule has 92 valence electrons. The third-order valence-electron chi connectivity index (χ3n) is 2.81. The lowest BCUT2D eigenvalue weighted by atomic mass is 10.1. The van der Waals surface area contributed by atoms with Crippen molar-refractivity contribution >= 4 is 16.7 Å². The summed E-state index contributed by atoms with van der Waals surface area (Å²) in [7, 11) is 0. The lowest BCUT2D eigenvalue weighted by Crippen LogP contribution is -2.07. The molecule has 0 atom stereocenters. The second-order valence-corrected chi connectivity index (χ2v) is 4.18. The van der Waals surface area contributed by atoms with Gasteiger partial charge in [-0.25, -0.2) is 0 Å². The molecule has 0 aliphatic heterocycles. The van der Waals surface area contributed by atoms with Crippen LogP contribution in [0, 0.1) is 6.92 Å². The van der Waals surface area contributed by atoms with Crippen molar-refractivity contribution in [1.29, 1.82) is 0 Å². The number of ether oxygens (including phenoxy) is 1. The average Bonchev–Trinajstić information content (AvgIpc) is 2.40. The molecule has 0 unspecified atom stereocenters. The highest BCUT2D eigenvalue weighted by molar-refractivity contribution is 5.91. The number of rotatable bonds is 3. The molecule has 2 heteroatoms. The maximum Gasteiger partial charge on any atom is 0.315 e. The van der Waals surface area contributed by atoms with Crippen molar-refractivity contribution < 1.29 is 9.53 Å². The molecule has 0 saturated carbocycles. The summed E-state index contributed by atoms with van der Waals surface area (Å²) in [4.78, 5) is 11.7. The molecule has 2 nitrogen and oxygen atoms in total. The summed E-state index contributed by atoms with van der Waals surface area (Å²) >= 11 is 0. The summed E-state index contributed by atoms with van der Waals surface area (Å²) in [5.74, 6) is 0.440. The Kier molecular flexibility index (Phi) is 3.78. The topological polar surface area (TPSA) is 26.3 Å². The van der Waals surface area contributed by atoms with Gasteiger partial charge in [0.15, 0.2) is 0 Å². The summed E-state index contributed by atoms with van der Waals surface area (Å²) in [6.07, 6.45) is 3.94. The van der Waals surface area contributed by atoms with E-state index in [2.05, 4.69) is 0 Å². The molecule has 0 spiro atoms. The lowest BCUT2D eigenvalue weighted by Gasteiger charge is -2.10. The molecule has 2 rings (SSSR count). The Morgan fingerprint density at radius 2 is 2.00 bits per heavy atom. The standard InChI is InChI=1S/C16H16O2/c1-3-4-9-15(17)18-16-12(2)10-11-13-7-5-6-8-14(13)16/h3-8,10-11H,9H2,1-2H3. The van der Waals surface area contributed by atoms with E-state index in [9.17, 15) is 4.79 Å². The van der Waals surface area contributed by atoms with Gasteiger partial charge in [-0.05, 0) is 24.8 Å². The van der Waals surface area contributed by atoms with Gasteiger partial charge in [-0.15, -0.1) is 0 Å². The highest BCUT2D eigenvalue weighted by Gasteiger charge is 2.09. The SMILES string of the molecule is CC=CCC(=O)Oc1c(C)ccc2ccccc12. The smallest absolute Gasteiger partial charge is 0.315 e. The molecular formula is C16H16O2. The third kappa shape index (κ3) is 2.59. The van der Waals surface area contributed by atoms with E-state index in [4.69, 9.17) is 4.74 Å². The minimum absolute atomic E-state index is 0.229. The highest BCUT2D eigenvalue weighted by Crippen LogP contribution is 2.29. The van der Waals surface area contributed by atoms with Crippen molar-refractivity contribution in [3.63, 3.8) is 0 Å². The Morgan fingerprint density at radius 3 is 2.78 bits per heavy atom. The van der Waals surface area contributed by atoms with Gasteiger partial charge < -0.3 is 4.74 Å². The van der Waals surface area contributed by atoms with Crippen molar-refractivity contribution in [2.75, 3.05) is 0 Å². The van der Waals surface area contributed by atoms with Crippen molar-refractivity contribution in [2.24, 2.45) is 0 Å². The first kappa shape index (κ1) is 12.4. The fourth-order valence-corrected chi connectivity index (χ4v) is 1.86. The van der Waals surface area contributed by atoms with Crippen LogP contribution < -0.4 is 4.74 Å². The predicted octanol–water partition coefficient (Wildman–Crippen LogP) is 4.02. The van der Waals surface area contributed by atoms with Crippen LogP contribution in [0.5, 0.6) is 5.75 Å². The first-order valence-corrected chi connectivity index (χ1v) is 6.02. The number of hydrogen-bond donors (Lipinski definition) is 0. The second kappa shape index (κ2) is 5.50. The Hall–Kier alpha value is -2.09. The van der Waals surface area contributed by atoms with E-state index < -0.39 is 0 Å². The van der Waals surface area contributed by atoms with E-state index in [1.807, 2.05) is 56.3 Å². The molecule has 0 heterocycles. The Morgan fingerprint density at radius 1 is 1.22 bits per heavy atom. The van der Waals surface area contributed by atoms with E-state index in [0.29, 0.717) is 12.2 Å². The number of fused-ring (bicyclic) bond motifs is 1. The summed E-state index contributed by atoms with van der Waals surface area (Å²) in [5, 5.41) is 2.06. The fraction of sp³-hybridized carbons (Fsp3) is 0.188. The third-order valence-corrected chi connectivity index (χ3v) is 2.81. The molecule has 0 radical (unpaired) electrons. The minimum atomic E-state index is -0.229. The summed E-state index contributed by atoms with van der Waals surface area (Å²) in [6.45, 7) is 3.83. The normalized spacial score (nSPS) is 11.0. The molecule has 0 aliphatic carbocycles. The summed E-state index contributed by atoms with van der Waals surface area (Å²) in [6, 6.07) is 11.9. The Labute approximate surface area is 107 Å². The second-order valence-electron chi connectivity index (χ2n) is 4.18. The molecule has 0 aliphatic rings. The van der Waals surface area contributed by atoms with Gasteiger partial charge in [-0.3, -0.25) is 4.79 Å². The Bertz CT molecular complexity index is 597. The Balaban J connectivity index is 2.37. The number of hydrogen-bond acceptors (Lipinski definition) is 2. The van der Waals surface area contributed by atoms with E-state index in [-0.39, 0.29) is 5.97 Å². The predicted molar refractivity (Wildman–Crippen MR) is 73.8 cm³/mol. The van der Waals surface area contributed by atoms with Gasteiger partial charge >= 0.3 is 5.97 Å². The number of carbonyl (C=O) groups excluding carboxylic acids is 1. The van der Waals surface area contributed by atoms with E-state index in [1.165, 1.54) is 0 Å². The van der Waals surface area contributed by atoms with Crippen LogP contribution in [0.1, 0.15) is 18.9 Å². The van der Waals surface area contributed by atoms with Gasteiger partial charge in [-0.2, -0.15) is 0 Å². The molecule has 2 aromatic carbocycles. The van der Waals surface area contributed by atoms with Gasteiger partial charge in [0, 0.05) is 5.39 Å². The molecule has 18 heavy (non-hydrogen) atoms. The molecule has 0 bridgehead atoms. The van der Waals surface area contributed by atoms with Gasteiger partial charge in [0.2, 0.25) is 0 Å². The molecule has 0 N–H and O–H groups in total. The van der Waals surface area contributed by atoms with Crippen LogP contribution in [-0.2, 0) is 4.79 Å². The minimum Gasteiger partial charge on any atom is -0.425 e. The quantitative estimate of drug-likeness (QED) is 0.460. The maximum absolute atomic E-state index is 11.7. The molecule has 2 aromatic rings. The van der Waals surface area contributed by atoms with Gasteiger partial charge in [0.05, 0.1) is 6.42 Å². The van der Waals surface area contributed by atoms with Crippen LogP contribution in [0.25, 0.3) is 10.8 Å². The number of allylic oxidation sites excluding steroid dienone is 1. The largest absolute Gasteiger partial charge is 0.425 e. The van der Waals surface area contributed by atoms with Gasteiger partial charge in [-0.1, -0.05) is 48.6 Å². The molecular weight excluding hydrogens is 224 g/mol. The van der Waals surface area contributed by atoms with E-state index in [0.717, 1.165) is 16.3 Å². The van der Waals surface area contributed by atoms with E-state index in [1.54, 1.807) is 6.08 Å². The zero-order valence-electron chi connectivity index (χ0n) is 10.6. The number of aryl methyl sites for hydroxylation is 1. The number of esters is 1.